The molecule has 3 unspecified atom stereocenters. The van der Waals surface area contributed by atoms with E-state index >= 15 is 0 Å². The molecule has 0 aromatic rings. The standard InChI is InChI=1S/C16H25NO3/c1-15(2)12(16(15,3)4)13(18)17-8-9-6-5-7-10(9)11(17)14(19)20/h9-12H,5-8H2,1-4H3,(H,19,20). The van der Waals surface area contributed by atoms with Gasteiger partial charge in [0.2, 0.25) is 5.91 Å². The molecule has 1 heterocycles. The average molecular weight is 279 g/mol. The number of carbonyl (C=O) groups is 2. The van der Waals surface area contributed by atoms with Crippen LogP contribution in [0.5, 0.6) is 0 Å². The Bertz CT molecular complexity index is 454. The van der Waals surface area contributed by atoms with Gasteiger partial charge in [0.1, 0.15) is 6.04 Å². The van der Waals surface area contributed by atoms with Crippen molar-refractivity contribution in [2.45, 2.75) is 53.0 Å². The molecule has 3 aliphatic rings. The summed E-state index contributed by atoms with van der Waals surface area (Å²) < 4.78 is 0. The third kappa shape index (κ3) is 1.60. The van der Waals surface area contributed by atoms with Crippen LogP contribution in [-0.4, -0.2) is 34.5 Å². The van der Waals surface area contributed by atoms with Gasteiger partial charge < -0.3 is 10.0 Å². The number of carboxylic acid groups (broad SMARTS) is 1. The Labute approximate surface area is 120 Å². The number of rotatable bonds is 2. The molecular formula is C16H25NO3. The molecule has 3 fully saturated rings. The summed E-state index contributed by atoms with van der Waals surface area (Å²) in [5.74, 6) is -0.187. The highest BCUT2D eigenvalue weighted by Crippen LogP contribution is 2.69. The number of likely N-dealkylation sites (tertiary alicyclic amines) is 1. The van der Waals surface area contributed by atoms with E-state index in [1.54, 1.807) is 4.90 Å². The first kappa shape index (κ1) is 13.9. The van der Waals surface area contributed by atoms with E-state index in [1.807, 2.05) is 0 Å². The second-order valence-corrected chi connectivity index (χ2v) is 8.00. The van der Waals surface area contributed by atoms with Crippen LogP contribution in [0, 0.1) is 28.6 Å². The first-order valence-corrected chi connectivity index (χ1v) is 7.73. The van der Waals surface area contributed by atoms with E-state index in [0.717, 1.165) is 19.3 Å². The lowest BCUT2D eigenvalue weighted by atomic mass is 9.94. The third-order valence-electron chi connectivity index (χ3n) is 6.69. The molecule has 4 heteroatoms. The molecule has 1 amide bonds. The van der Waals surface area contributed by atoms with Gasteiger partial charge in [0.05, 0.1) is 0 Å². The van der Waals surface area contributed by atoms with Crippen LogP contribution in [0.2, 0.25) is 0 Å². The molecule has 2 aliphatic carbocycles. The zero-order valence-corrected chi connectivity index (χ0v) is 12.8. The second kappa shape index (κ2) is 3.99. The van der Waals surface area contributed by atoms with E-state index < -0.39 is 12.0 Å². The summed E-state index contributed by atoms with van der Waals surface area (Å²) in [4.78, 5) is 26.2. The van der Waals surface area contributed by atoms with Gasteiger partial charge in [0.15, 0.2) is 0 Å². The Kier molecular flexibility index (Phi) is 2.77. The van der Waals surface area contributed by atoms with Crippen molar-refractivity contribution in [3.63, 3.8) is 0 Å². The maximum atomic E-state index is 12.8. The minimum atomic E-state index is -0.816. The summed E-state index contributed by atoms with van der Waals surface area (Å²) in [5, 5.41) is 9.55. The zero-order valence-electron chi connectivity index (χ0n) is 12.8. The van der Waals surface area contributed by atoms with Gasteiger partial charge in [0, 0.05) is 12.5 Å². The normalized spacial score (nSPS) is 37.8. The summed E-state index contributed by atoms with van der Waals surface area (Å²) in [6.45, 7) is 9.11. The van der Waals surface area contributed by atoms with E-state index in [0.29, 0.717) is 12.5 Å². The van der Waals surface area contributed by atoms with Crippen molar-refractivity contribution in [1.29, 1.82) is 0 Å². The molecule has 0 spiro atoms. The Morgan fingerprint density at radius 2 is 1.70 bits per heavy atom. The predicted molar refractivity (Wildman–Crippen MR) is 75.0 cm³/mol. The fraction of sp³-hybridized carbons (Fsp3) is 0.875. The number of hydrogen-bond donors (Lipinski definition) is 1. The number of carboxylic acids is 1. The van der Waals surface area contributed by atoms with Crippen LogP contribution >= 0.6 is 0 Å². The highest BCUT2D eigenvalue weighted by atomic mass is 16.4. The van der Waals surface area contributed by atoms with E-state index in [9.17, 15) is 14.7 Å². The van der Waals surface area contributed by atoms with E-state index in [1.165, 1.54) is 0 Å². The van der Waals surface area contributed by atoms with Crippen molar-refractivity contribution in [1.82, 2.24) is 4.90 Å². The zero-order chi connectivity index (χ0) is 14.9. The van der Waals surface area contributed by atoms with Gasteiger partial charge in [-0.1, -0.05) is 34.1 Å². The Morgan fingerprint density at radius 3 is 2.20 bits per heavy atom. The van der Waals surface area contributed by atoms with Crippen LogP contribution in [0.3, 0.4) is 0 Å². The summed E-state index contributed by atoms with van der Waals surface area (Å²) in [6.07, 6.45) is 3.15. The molecule has 0 aromatic heterocycles. The van der Waals surface area contributed by atoms with Crippen molar-refractivity contribution in [2.75, 3.05) is 6.54 Å². The largest absolute Gasteiger partial charge is 0.480 e. The number of carbonyl (C=O) groups excluding carboxylic acids is 1. The monoisotopic (exact) mass is 279 g/mol. The van der Waals surface area contributed by atoms with Crippen molar-refractivity contribution in [3.8, 4) is 0 Å². The Morgan fingerprint density at radius 1 is 1.10 bits per heavy atom. The van der Waals surface area contributed by atoms with Crippen LogP contribution < -0.4 is 0 Å². The molecule has 20 heavy (non-hydrogen) atoms. The highest BCUT2D eigenvalue weighted by Gasteiger charge is 2.70. The maximum Gasteiger partial charge on any atom is 0.326 e. The van der Waals surface area contributed by atoms with Gasteiger partial charge in [0.25, 0.3) is 0 Å². The van der Waals surface area contributed by atoms with Crippen molar-refractivity contribution in [2.24, 2.45) is 28.6 Å². The number of aliphatic carboxylic acids is 1. The highest BCUT2D eigenvalue weighted by molar-refractivity contribution is 5.89. The van der Waals surface area contributed by atoms with E-state index in [4.69, 9.17) is 0 Å². The molecule has 1 saturated heterocycles. The van der Waals surface area contributed by atoms with Gasteiger partial charge in [-0.15, -0.1) is 0 Å². The molecular weight excluding hydrogens is 254 g/mol. The minimum absolute atomic E-state index is 0.0230. The van der Waals surface area contributed by atoms with Gasteiger partial charge >= 0.3 is 5.97 Å². The molecule has 0 aromatic carbocycles. The van der Waals surface area contributed by atoms with E-state index in [2.05, 4.69) is 27.7 Å². The maximum absolute atomic E-state index is 12.8. The summed E-state index contributed by atoms with van der Waals surface area (Å²) in [7, 11) is 0. The molecule has 2 saturated carbocycles. The van der Waals surface area contributed by atoms with Crippen molar-refractivity contribution >= 4 is 11.9 Å². The van der Waals surface area contributed by atoms with Crippen LogP contribution in [-0.2, 0) is 9.59 Å². The molecule has 3 atom stereocenters. The molecule has 3 rings (SSSR count). The number of amides is 1. The fourth-order valence-electron chi connectivity index (χ4n) is 4.83. The van der Waals surface area contributed by atoms with Gasteiger partial charge in [-0.3, -0.25) is 4.79 Å². The minimum Gasteiger partial charge on any atom is -0.480 e. The summed E-state index contributed by atoms with van der Waals surface area (Å²) in [5.41, 5.74) is -0.0460. The van der Waals surface area contributed by atoms with Gasteiger partial charge in [-0.05, 0) is 35.5 Å². The summed E-state index contributed by atoms with van der Waals surface area (Å²) in [6, 6.07) is -0.581. The van der Waals surface area contributed by atoms with Gasteiger partial charge in [-0.25, -0.2) is 4.79 Å². The van der Waals surface area contributed by atoms with Crippen molar-refractivity contribution < 1.29 is 14.7 Å². The lowest BCUT2D eigenvalue weighted by Gasteiger charge is -2.25. The fourth-order valence-corrected chi connectivity index (χ4v) is 4.83. The van der Waals surface area contributed by atoms with Crippen LogP contribution in [0.15, 0.2) is 0 Å². The topological polar surface area (TPSA) is 57.6 Å². The number of nitrogens with zero attached hydrogens (tertiary/aromatic N) is 1. The molecule has 4 nitrogen and oxygen atoms in total. The number of fused-ring (bicyclic) bond motifs is 1. The molecule has 0 radical (unpaired) electrons. The average Bonchev–Trinajstić information content (AvgIpc) is 2.72. The predicted octanol–water partition coefficient (Wildman–Crippen LogP) is 2.38. The third-order valence-corrected chi connectivity index (χ3v) is 6.69. The van der Waals surface area contributed by atoms with E-state index in [-0.39, 0.29) is 28.6 Å². The second-order valence-electron chi connectivity index (χ2n) is 8.00. The lowest BCUT2D eigenvalue weighted by Crippen LogP contribution is -2.44. The summed E-state index contributed by atoms with van der Waals surface area (Å²) >= 11 is 0. The van der Waals surface area contributed by atoms with Crippen LogP contribution in [0.25, 0.3) is 0 Å². The molecule has 112 valence electrons. The van der Waals surface area contributed by atoms with Crippen molar-refractivity contribution in [3.05, 3.63) is 0 Å². The van der Waals surface area contributed by atoms with Crippen LogP contribution in [0.4, 0.5) is 0 Å². The van der Waals surface area contributed by atoms with Crippen LogP contribution in [0.1, 0.15) is 47.0 Å². The van der Waals surface area contributed by atoms with Gasteiger partial charge in [-0.2, -0.15) is 0 Å². The Balaban J connectivity index is 1.84. The first-order valence-electron chi connectivity index (χ1n) is 7.73. The number of hydrogen-bond acceptors (Lipinski definition) is 2. The quantitative estimate of drug-likeness (QED) is 0.844. The Hall–Kier alpha value is -1.06. The molecule has 1 aliphatic heterocycles. The molecule has 0 bridgehead atoms. The SMILES string of the molecule is CC1(C)C(C(=O)N2CC3CCCC3C2C(=O)O)C1(C)C. The lowest BCUT2D eigenvalue weighted by molar-refractivity contribution is -0.150. The first-order chi connectivity index (χ1) is 9.19. The smallest absolute Gasteiger partial charge is 0.326 e. The molecule has 1 N–H and O–H groups in total.